The van der Waals surface area contributed by atoms with Gasteiger partial charge in [0.25, 0.3) is 0 Å². The van der Waals surface area contributed by atoms with Gasteiger partial charge in [0.05, 0.1) is 17.4 Å². The fourth-order valence-electron chi connectivity index (χ4n) is 3.19. The average molecular weight is 347 g/mol. The number of hydrogen-bond acceptors (Lipinski definition) is 2. The number of halogens is 1. The van der Waals surface area contributed by atoms with Crippen LogP contribution in [0.2, 0.25) is 5.02 Å². The molecule has 0 spiro atoms. The summed E-state index contributed by atoms with van der Waals surface area (Å²) in [4.78, 5) is 0. The minimum Gasteiger partial charge on any atom is -0.257 e. The second-order valence-corrected chi connectivity index (χ2v) is 6.80. The van der Waals surface area contributed by atoms with Crippen molar-refractivity contribution in [2.45, 2.75) is 19.4 Å². The number of para-hydroxylation sites is 1. The maximum absolute atomic E-state index is 6.07. The van der Waals surface area contributed by atoms with Crippen LogP contribution in [0.3, 0.4) is 0 Å². The van der Waals surface area contributed by atoms with Crippen LogP contribution in [0.25, 0.3) is 0 Å². The van der Waals surface area contributed by atoms with E-state index in [1.165, 1.54) is 16.7 Å². The van der Waals surface area contributed by atoms with E-state index in [2.05, 4.69) is 60.5 Å². The summed E-state index contributed by atoms with van der Waals surface area (Å²) >= 11 is 6.07. The minimum atomic E-state index is 0.177. The van der Waals surface area contributed by atoms with Gasteiger partial charge in [-0.3, -0.25) is 5.01 Å². The summed E-state index contributed by atoms with van der Waals surface area (Å²) in [6.45, 7) is 2.10. The van der Waals surface area contributed by atoms with Crippen LogP contribution >= 0.6 is 11.6 Å². The molecule has 2 nitrogen and oxygen atoms in total. The van der Waals surface area contributed by atoms with Crippen LogP contribution in [-0.2, 0) is 0 Å². The number of aryl methyl sites for hydroxylation is 1. The molecule has 0 aliphatic carbocycles. The van der Waals surface area contributed by atoms with E-state index in [1.807, 2.05) is 30.3 Å². The fraction of sp³-hybridized carbons (Fsp3) is 0.136. The van der Waals surface area contributed by atoms with Crippen molar-refractivity contribution in [3.63, 3.8) is 0 Å². The molecule has 1 heterocycles. The lowest BCUT2D eigenvalue weighted by atomic mass is 9.98. The maximum Gasteiger partial charge on any atom is 0.0831 e. The first kappa shape index (κ1) is 15.9. The van der Waals surface area contributed by atoms with Gasteiger partial charge in [0.15, 0.2) is 0 Å². The van der Waals surface area contributed by atoms with Crippen molar-refractivity contribution >= 4 is 23.0 Å². The van der Waals surface area contributed by atoms with Gasteiger partial charge in [-0.2, -0.15) is 5.10 Å². The Hall–Kier alpha value is -2.58. The van der Waals surface area contributed by atoms with Crippen LogP contribution in [0.15, 0.2) is 84.0 Å². The van der Waals surface area contributed by atoms with E-state index in [0.29, 0.717) is 0 Å². The van der Waals surface area contributed by atoms with Crippen LogP contribution in [0.4, 0.5) is 5.69 Å². The van der Waals surface area contributed by atoms with E-state index in [9.17, 15) is 0 Å². The molecule has 25 heavy (non-hydrogen) atoms. The third kappa shape index (κ3) is 3.31. The minimum absolute atomic E-state index is 0.177. The van der Waals surface area contributed by atoms with Crippen molar-refractivity contribution in [1.29, 1.82) is 0 Å². The molecule has 0 saturated heterocycles. The molecule has 1 aliphatic rings. The Kier molecular flexibility index (Phi) is 4.29. The predicted molar refractivity (Wildman–Crippen MR) is 105 cm³/mol. The van der Waals surface area contributed by atoms with Crippen LogP contribution in [0.1, 0.15) is 29.2 Å². The summed E-state index contributed by atoms with van der Waals surface area (Å²) < 4.78 is 0. The van der Waals surface area contributed by atoms with Gasteiger partial charge in [-0.1, -0.05) is 71.8 Å². The molecule has 0 saturated carbocycles. The Morgan fingerprint density at radius 1 is 0.880 bits per heavy atom. The number of rotatable bonds is 3. The third-order valence-electron chi connectivity index (χ3n) is 4.57. The van der Waals surface area contributed by atoms with E-state index in [1.54, 1.807) is 0 Å². The number of hydrazone groups is 1. The highest BCUT2D eigenvalue weighted by molar-refractivity contribution is 6.30. The van der Waals surface area contributed by atoms with Gasteiger partial charge in [-0.25, -0.2) is 0 Å². The van der Waals surface area contributed by atoms with Crippen LogP contribution < -0.4 is 5.01 Å². The third-order valence-corrected chi connectivity index (χ3v) is 4.82. The van der Waals surface area contributed by atoms with Crippen molar-refractivity contribution < 1.29 is 0 Å². The lowest BCUT2D eigenvalue weighted by molar-refractivity contribution is 0.709. The lowest BCUT2D eigenvalue weighted by Gasteiger charge is -2.24. The second-order valence-electron chi connectivity index (χ2n) is 6.36. The SMILES string of the molecule is Cc1ccc(C2=NN(c3ccccc3)[C@@H](c3ccc(Cl)cc3)C2)cc1. The number of hydrogen-bond donors (Lipinski definition) is 0. The van der Waals surface area contributed by atoms with E-state index in [-0.39, 0.29) is 6.04 Å². The summed E-state index contributed by atoms with van der Waals surface area (Å²) in [6, 6.07) is 27.2. The second kappa shape index (κ2) is 6.73. The Balaban J connectivity index is 1.73. The van der Waals surface area contributed by atoms with E-state index in [4.69, 9.17) is 16.7 Å². The van der Waals surface area contributed by atoms with Crippen LogP contribution in [-0.4, -0.2) is 5.71 Å². The Morgan fingerprint density at radius 2 is 1.56 bits per heavy atom. The maximum atomic E-state index is 6.07. The molecule has 0 N–H and O–H groups in total. The van der Waals surface area contributed by atoms with Crippen LogP contribution in [0, 0.1) is 6.92 Å². The van der Waals surface area contributed by atoms with E-state index < -0.39 is 0 Å². The van der Waals surface area contributed by atoms with Gasteiger partial charge in [-0.15, -0.1) is 0 Å². The summed E-state index contributed by atoms with van der Waals surface area (Å²) in [5.41, 5.74) is 5.88. The molecular weight excluding hydrogens is 328 g/mol. The highest BCUT2D eigenvalue weighted by Gasteiger charge is 2.29. The quantitative estimate of drug-likeness (QED) is 0.567. The van der Waals surface area contributed by atoms with Gasteiger partial charge in [0, 0.05) is 11.4 Å². The van der Waals surface area contributed by atoms with Gasteiger partial charge in [0.2, 0.25) is 0 Å². The normalized spacial score (nSPS) is 16.8. The van der Waals surface area contributed by atoms with E-state index >= 15 is 0 Å². The number of nitrogens with zero attached hydrogens (tertiary/aromatic N) is 2. The zero-order valence-electron chi connectivity index (χ0n) is 14.1. The van der Waals surface area contributed by atoms with Crippen LogP contribution in [0.5, 0.6) is 0 Å². The van der Waals surface area contributed by atoms with Gasteiger partial charge in [0.1, 0.15) is 0 Å². The Bertz CT molecular complexity index is 884. The molecule has 0 fully saturated rings. The topological polar surface area (TPSA) is 15.6 Å². The van der Waals surface area contributed by atoms with Gasteiger partial charge in [-0.05, 0) is 42.3 Å². The zero-order chi connectivity index (χ0) is 17.2. The largest absolute Gasteiger partial charge is 0.257 e. The molecule has 1 atom stereocenters. The fourth-order valence-corrected chi connectivity index (χ4v) is 3.32. The monoisotopic (exact) mass is 346 g/mol. The first-order valence-corrected chi connectivity index (χ1v) is 8.83. The molecule has 0 unspecified atom stereocenters. The highest BCUT2D eigenvalue weighted by Crippen LogP contribution is 2.36. The van der Waals surface area contributed by atoms with Crippen molar-refractivity contribution in [1.82, 2.24) is 0 Å². The smallest absolute Gasteiger partial charge is 0.0831 e. The average Bonchev–Trinajstić information content (AvgIpc) is 3.09. The molecule has 3 heteroatoms. The molecule has 0 amide bonds. The van der Waals surface area contributed by atoms with Gasteiger partial charge >= 0.3 is 0 Å². The molecule has 4 rings (SSSR count). The molecule has 3 aromatic carbocycles. The summed E-state index contributed by atoms with van der Waals surface area (Å²) in [7, 11) is 0. The molecule has 3 aromatic rings. The molecule has 1 aliphatic heterocycles. The van der Waals surface area contributed by atoms with Gasteiger partial charge < -0.3 is 0 Å². The number of benzene rings is 3. The highest BCUT2D eigenvalue weighted by atomic mass is 35.5. The summed E-state index contributed by atoms with van der Waals surface area (Å²) in [6.07, 6.45) is 0.875. The summed E-state index contributed by atoms with van der Waals surface area (Å²) in [5.74, 6) is 0. The summed E-state index contributed by atoms with van der Waals surface area (Å²) in [5, 5.41) is 7.84. The first-order valence-electron chi connectivity index (χ1n) is 8.45. The standard InChI is InChI=1S/C22H19ClN2/c1-16-7-9-17(10-8-16)21-15-22(18-11-13-19(23)14-12-18)25(24-21)20-5-3-2-4-6-20/h2-14,22H,15H2,1H3/t22-/m1/s1. The Labute approximate surface area is 153 Å². The zero-order valence-corrected chi connectivity index (χ0v) is 14.8. The van der Waals surface area contributed by atoms with Crippen molar-refractivity contribution in [3.8, 4) is 0 Å². The number of anilines is 1. The van der Waals surface area contributed by atoms with Crippen molar-refractivity contribution in [2.75, 3.05) is 5.01 Å². The first-order chi connectivity index (χ1) is 12.2. The molecule has 0 aromatic heterocycles. The molecular formula is C22H19ClN2. The Morgan fingerprint density at radius 3 is 2.24 bits per heavy atom. The van der Waals surface area contributed by atoms with Crippen molar-refractivity contribution in [2.24, 2.45) is 5.10 Å². The predicted octanol–water partition coefficient (Wildman–Crippen LogP) is 6.00. The van der Waals surface area contributed by atoms with Crippen molar-refractivity contribution in [3.05, 3.63) is 101 Å². The molecule has 124 valence electrons. The molecule has 0 bridgehead atoms. The lowest BCUT2D eigenvalue weighted by Crippen LogP contribution is -2.18. The van der Waals surface area contributed by atoms with E-state index in [0.717, 1.165) is 22.8 Å². The molecule has 0 radical (unpaired) electrons.